The van der Waals surface area contributed by atoms with Crippen LogP contribution in [0.15, 0.2) is 18.3 Å². The first-order valence-electron chi connectivity index (χ1n) is 7.45. The fourth-order valence-corrected chi connectivity index (χ4v) is 2.29. The maximum Gasteiger partial charge on any atom is 0.285 e. The molecule has 2 aromatic rings. The van der Waals surface area contributed by atoms with Gasteiger partial charge < -0.3 is 15.4 Å². The average molecular weight is 526 g/mol. The SMILES string of the molecule is Cc1cnc(-c2[c-]cc(F)cc2F)c(C)n1.O=C(O)C1CCC[N-]1.[Ir]. The third kappa shape index (κ3) is 5.92. The summed E-state index contributed by atoms with van der Waals surface area (Å²) < 4.78 is 26.2. The summed E-state index contributed by atoms with van der Waals surface area (Å²) in [5.41, 5.74) is 1.89. The summed E-state index contributed by atoms with van der Waals surface area (Å²) in [6.45, 7) is 4.26. The van der Waals surface area contributed by atoms with E-state index in [1.165, 1.54) is 0 Å². The van der Waals surface area contributed by atoms with Crippen molar-refractivity contribution in [3.8, 4) is 11.3 Å². The first-order valence-corrected chi connectivity index (χ1v) is 7.45. The molecule has 8 heteroatoms. The predicted molar refractivity (Wildman–Crippen MR) is 84.6 cm³/mol. The number of halogens is 2. The smallest absolute Gasteiger partial charge is 0.285 e. The Hall–Kier alpha value is -1.76. The maximum atomic E-state index is 13.5. The van der Waals surface area contributed by atoms with E-state index in [4.69, 9.17) is 5.11 Å². The van der Waals surface area contributed by atoms with Gasteiger partial charge in [0.15, 0.2) is 0 Å². The Bertz CT molecular complexity index is 688. The molecule has 0 bridgehead atoms. The van der Waals surface area contributed by atoms with Crippen LogP contribution >= 0.6 is 0 Å². The van der Waals surface area contributed by atoms with Gasteiger partial charge in [0.1, 0.15) is 0 Å². The van der Waals surface area contributed by atoms with Gasteiger partial charge in [0, 0.05) is 49.3 Å². The zero-order valence-electron chi connectivity index (χ0n) is 13.7. The summed E-state index contributed by atoms with van der Waals surface area (Å²) >= 11 is 0. The first kappa shape index (κ1) is 21.3. The predicted octanol–water partition coefficient (Wildman–Crippen LogP) is 3.44. The molecule has 1 aliphatic heterocycles. The quantitative estimate of drug-likeness (QED) is 0.610. The summed E-state index contributed by atoms with van der Waals surface area (Å²) in [6, 6.07) is 4.03. The fourth-order valence-electron chi connectivity index (χ4n) is 2.29. The molecule has 1 atom stereocenters. The molecule has 0 spiro atoms. The molecule has 1 unspecified atom stereocenters. The molecule has 25 heavy (non-hydrogen) atoms. The normalized spacial score (nSPS) is 15.8. The number of hydrogen-bond donors (Lipinski definition) is 1. The molecular formula is C17H17F2IrN3O2-2. The van der Waals surface area contributed by atoms with Crippen molar-refractivity contribution in [3.63, 3.8) is 0 Å². The van der Waals surface area contributed by atoms with Crippen LogP contribution in [0.4, 0.5) is 8.78 Å². The van der Waals surface area contributed by atoms with E-state index in [1.807, 2.05) is 0 Å². The second kappa shape index (κ2) is 9.65. The minimum absolute atomic E-state index is 0. The molecule has 1 radical (unpaired) electrons. The van der Waals surface area contributed by atoms with E-state index in [0.717, 1.165) is 37.2 Å². The van der Waals surface area contributed by atoms with Crippen molar-refractivity contribution in [3.05, 3.63) is 52.7 Å². The Labute approximate surface area is 158 Å². The van der Waals surface area contributed by atoms with Gasteiger partial charge in [0.25, 0.3) is 5.97 Å². The third-order valence-corrected chi connectivity index (χ3v) is 3.43. The van der Waals surface area contributed by atoms with Crippen molar-refractivity contribution < 1.29 is 38.8 Å². The molecular weight excluding hydrogens is 508 g/mol. The molecule has 3 rings (SSSR count). The molecule has 1 aromatic heterocycles. The van der Waals surface area contributed by atoms with Gasteiger partial charge in [-0.3, -0.25) is 18.6 Å². The average Bonchev–Trinajstić information content (AvgIpc) is 3.04. The zero-order chi connectivity index (χ0) is 17.7. The summed E-state index contributed by atoms with van der Waals surface area (Å²) in [5, 5.41) is 12.2. The van der Waals surface area contributed by atoms with Gasteiger partial charge in [-0.25, -0.2) is 0 Å². The molecule has 0 amide bonds. The third-order valence-electron chi connectivity index (χ3n) is 3.43. The van der Waals surface area contributed by atoms with E-state index in [9.17, 15) is 13.6 Å². The van der Waals surface area contributed by atoms with E-state index in [-0.39, 0.29) is 25.7 Å². The Balaban J connectivity index is 0.000000295. The number of carboxylic acids is 1. The molecule has 5 nitrogen and oxygen atoms in total. The van der Waals surface area contributed by atoms with Gasteiger partial charge in [-0.05, 0) is 19.9 Å². The summed E-state index contributed by atoms with van der Waals surface area (Å²) in [4.78, 5) is 18.4. The van der Waals surface area contributed by atoms with Gasteiger partial charge >= 0.3 is 0 Å². The van der Waals surface area contributed by atoms with Gasteiger partial charge in [0.05, 0.1) is 5.69 Å². The summed E-state index contributed by atoms with van der Waals surface area (Å²) in [6.07, 6.45) is 3.21. The van der Waals surface area contributed by atoms with Crippen molar-refractivity contribution in [1.29, 1.82) is 0 Å². The Morgan fingerprint density at radius 1 is 1.40 bits per heavy atom. The van der Waals surface area contributed by atoms with Gasteiger partial charge in [-0.15, -0.1) is 18.7 Å². The van der Waals surface area contributed by atoms with Crippen molar-refractivity contribution >= 4 is 5.97 Å². The Morgan fingerprint density at radius 3 is 2.60 bits per heavy atom. The Kier molecular flexibility index (Phi) is 8.22. The monoisotopic (exact) mass is 526 g/mol. The molecule has 1 aliphatic rings. The number of aryl methyl sites for hydroxylation is 2. The van der Waals surface area contributed by atoms with Crippen molar-refractivity contribution in [1.82, 2.24) is 9.97 Å². The van der Waals surface area contributed by atoms with Crippen molar-refractivity contribution in [2.24, 2.45) is 0 Å². The second-order valence-corrected chi connectivity index (χ2v) is 5.39. The molecule has 137 valence electrons. The van der Waals surface area contributed by atoms with E-state index in [2.05, 4.69) is 21.4 Å². The maximum absolute atomic E-state index is 13.5. The van der Waals surface area contributed by atoms with Gasteiger partial charge in [0.2, 0.25) is 0 Å². The number of benzene rings is 1. The van der Waals surface area contributed by atoms with E-state index in [1.54, 1.807) is 20.0 Å². The molecule has 0 saturated carbocycles. The second-order valence-electron chi connectivity index (χ2n) is 5.39. The van der Waals surface area contributed by atoms with Crippen molar-refractivity contribution in [2.45, 2.75) is 32.7 Å². The number of carbonyl (C=O) groups is 1. The van der Waals surface area contributed by atoms with Crippen LogP contribution < -0.4 is 0 Å². The number of aliphatic carboxylic acids is 1. The topological polar surface area (TPSA) is 77.2 Å². The van der Waals surface area contributed by atoms with E-state index < -0.39 is 23.6 Å². The zero-order valence-corrected chi connectivity index (χ0v) is 16.1. The van der Waals surface area contributed by atoms with Crippen molar-refractivity contribution in [2.75, 3.05) is 6.54 Å². The molecule has 1 aromatic carbocycles. The van der Waals surface area contributed by atoms with Crippen LogP contribution in [0, 0.1) is 31.5 Å². The first-order chi connectivity index (χ1) is 11.4. The fraction of sp³-hybridized carbons (Fsp3) is 0.353. The van der Waals surface area contributed by atoms with Crippen LogP contribution in [0.3, 0.4) is 0 Å². The number of aromatic nitrogens is 2. The van der Waals surface area contributed by atoms with E-state index >= 15 is 0 Å². The van der Waals surface area contributed by atoms with Crippen LogP contribution in [0.1, 0.15) is 24.2 Å². The van der Waals surface area contributed by atoms with Crippen LogP contribution in [-0.2, 0) is 24.9 Å². The number of hydrogen-bond acceptors (Lipinski definition) is 3. The van der Waals surface area contributed by atoms with Crippen LogP contribution in [-0.4, -0.2) is 33.6 Å². The van der Waals surface area contributed by atoms with Crippen LogP contribution in [0.25, 0.3) is 16.6 Å². The number of rotatable bonds is 2. The standard InChI is InChI=1S/C12H9F2N2.C5H8NO2.Ir/c1-7-6-15-12(8(2)16-7)10-4-3-9(13)5-11(10)14;7-5(8)4-2-1-3-6-4;/h3,5-6H,1-2H3;4H,1-3H2,(H,7,8);/q2*-1;. The minimum atomic E-state index is -0.775. The molecule has 1 N–H and O–H groups in total. The molecule has 1 fully saturated rings. The van der Waals surface area contributed by atoms with E-state index in [0.29, 0.717) is 11.4 Å². The summed E-state index contributed by atoms with van der Waals surface area (Å²) in [7, 11) is 0. The number of carboxylic acid groups (broad SMARTS) is 1. The van der Waals surface area contributed by atoms with Crippen LogP contribution in [0.2, 0.25) is 0 Å². The largest absolute Gasteiger partial charge is 0.650 e. The minimum Gasteiger partial charge on any atom is -0.650 e. The molecule has 2 heterocycles. The molecule has 0 aliphatic carbocycles. The summed E-state index contributed by atoms with van der Waals surface area (Å²) in [5.74, 6) is -2.11. The van der Waals surface area contributed by atoms with Gasteiger partial charge in [-0.2, -0.15) is 0 Å². The van der Waals surface area contributed by atoms with Gasteiger partial charge in [-0.1, -0.05) is 24.5 Å². The molecule has 1 saturated heterocycles. The Morgan fingerprint density at radius 2 is 2.12 bits per heavy atom. The number of nitrogens with zero attached hydrogens (tertiary/aromatic N) is 3. The van der Waals surface area contributed by atoms with Crippen LogP contribution in [0.5, 0.6) is 0 Å².